The predicted octanol–water partition coefficient (Wildman–Crippen LogP) is 4.50. The molecule has 0 unspecified atom stereocenters. The molecule has 3 aromatic rings. The van der Waals surface area contributed by atoms with Crippen LogP contribution in [0.4, 0.5) is 0 Å². The van der Waals surface area contributed by atoms with Crippen LogP contribution in [0.1, 0.15) is 54.4 Å². The number of rotatable bonds is 3. The van der Waals surface area contributed by atoms with Gasteiger partial charge in [-0.2, -0.15) is 5.26 Å². The Balaban J connectivity index is 1.35. The average molecular weight is 420 g/mol. The molecule has 0 saturated heterocycles. The Morgan fingerprint density at radius 1 is 1.07 bits per heavy atom. The van der Waals surface area contributed by atoms with Gasteiger partial charge in [-0.05, 0) is 61.6 Å². The highest BCUT2D eigenvalue weighted by atomic mass is 35.5. The number of nitrogens with one attached hydrogen (secondary N) is 1. The fourth-order valence-corrected chi connectivity index (χ4v) is 4.67. The number of aromatic nitrogens is 3. The van der Waals surface area contributed by atoms with E-state index in [1.165, 1.54) is 0 Å². The van der Waals surface area contributed by atoms with Crippen molar-refractivity contribution in [3.63, 3.8) is 0 Å². The van der Waals surface area contributed by atoms with Crippen LogP contribution in [0.3, 0.4) is 0 Å². The molecule has 1 N–H and O–H groups in total. The fraction of sp³-hybridized carbons (Fsp3) is 0.348. The van der Waals surface area contributed by atoms with E-state index >= 15 is 0 Å². The molecule has 0 radical (unpaired) electrons. The van der Waals surface area contributed by atoms with Crippen molar-refractivity contribution in [3.05, 3.63) is 70.3 Å². The van der Waals surface area contributed by atoms with E-state index in [0.717, 1.165) is 60.2 Å². The molecule has 0 spiro atoms. The second-order valence-electron chi connectivity index (χ2n) is 7.89. The molecule has 0 bridgehead atoms. The van der Waals surface area contributed by atoms with Crippen LogP contribution >= 0.6 is 11.6 Å². The van der Waals surface area contributed by atoms with Crippen molar-refractivity contribution in [1.29, 1.82) is 5.26 Å². The molecule has 6 nitrogen and oxygen atoms in total. The van der Waals surface area contributed by atoms with Crippen molar-refractivity contribution < 1.29 is 4.74 Å². The lowest BCUT2D eigenvalue weighted by Gasteiger charge is -2.29. The minimum absolute atomic E-state index is 0.120. The molecule has 2 aromatic carbocycles. The van der Waals surface area contributed by atoms with Gasteiger partial charge in [0.05, 0.1) is 23.9 Å². The zero-order valence-electron chi connectivity index (χ0n) is 16.5. The average Bonchev–Trinajstić information content (AvgIpc) is 3.10. The number of hydrogen-bond donors (Lipinski definition) is 1. The van der Waals surface area contributed by atoms with E-state index in [0.29, 0.717) is 23.8 Å². The molecular weight excluding hydrogens is 398 g/mol. The molecule has 2 aliphatic rings. The van der Waals surface area contributed by atoms with Gasteiger partial charge in [-0.3, -0.25) is 4.57 Å². The number of ether oxygens (including phenoxy) is 1. The highest BCUT2D eigenvalue weighted by Gasteiger charge is 2.30. The molecule has 5 rings (SSSR count). The van der Waals surface area contributed by atoms with E-state index in [1.807, 2.05) is 30.3 Å². The lowest BCUT2D eigenvalue weighted by molar-refractivity contribution is 0.144. The smallest absolute Gasteiger partial charge is 0.151 e. The van der Waals surface area contributed by atoms with Gasteiger partial charge in [0.15, 0.2) is 5.82 Å². The van der Waals surface area contributed by atoms with Crippen LogP contribution in [0.2, 0.25) is 5.02 Å². The molecule has 1 aliphatic carbocycles. The topological polar surface area (TPSA) is 75.8 Å². The van der Waals surface area contributed by atoms with Gasteiger partial charge in [-0.15, -0.1) is 10.2 Å². The molecule has 1 aliphatic heterocycles. The Bertz CT molecular complexity index is 1110. The molecule has 1 aromatic heterocycles. The fourth-order valence-electron chi connectivity index (χ4n) is 4.47. The van der Waals surface area contributed by atoms with Gasteiger partial charge in [0.1, 0.15) is 17.6 Å². The normalized spacial score (nSPS) is 20.5. The van der Waals surface area contributed by atoms with Crippen molar-refractivity contribution in [1.82, 2.24) is 20.1 Å². The summed E-state index contributed by atoms with van der Waals surface area (Å²) >= 11 is 6.22. The van der Waals surface area contributed by atoms with Crippen molar-refractivity contribution in [2.75, 3.05) is 0 Å². The third-order valence-electron chi connectivity index (χ3n) is 5.98. The zero-order valence-corrected chi connectivity index (χ0v) is 17.3. The standard InChI is InChI=1S/C23H22ClN5O/c24-18-7-10-20-17(11-18)13-26-14-22-27-28-23(29(20)22)15-5-8-19(9-6-15)30-21-4-2-1-3-16(21)12-25/h1-4,7,10-11,15,19,26H,5-6,8-9,13-14H2. The summed E-state index contributed by atoms with van der Waals surface area (Å²) in [6, 6.07) is 15.7. The summed E-state index contributed by atoms with van der Waals surface area (Å²) in [7, 11) is 0. The maximum atomic E-state index is 9.29. The summed E-state index contributed by atoms with van der Waals surface area (Å²) in [6.07, 6.45) is 3.94. The number of halogens is 1. The lowest BCUT2D eigenvalue weighted by Crippen LogP contribution is -2.25. The molecule has 1 fully saturated rings. The maximum absolute atomic E-state index is 9.29. The van der Waals surface area contributed by atoms with Gasteiger partial charge in [-0.1, -0.05) is 23.7 Å². The van der Waals surface area contributed by atoms with Crippen molar-refractivity contribution in [3.8, 4) is 17.5 Å². The van der Waals surface area contributed by atoms with E-state index in [9.17, 15) is 5.26 Å². The minimum atomic E-state index is 0.120. The second-order valence-corrected chi connectivity index (χ2v) is 8.32. The molecule has 30 heavy (non-hydrogen) atoms. The van der Waals surface area contributed by atoms with Crippen LogP contribution in [-0.4, -0.2) is 20.9 Å². The van der Waals surface area contributed by atoms with Crippen LogP contribution in [0.25, 0.3) is 5.69 Å². The third-order valence-corrected chi connectivity index (χ3v) is 6.21. The summed E-state index contributed by atoms with van der Waals surface area (Å²) in [4.78, 5) is 0. The van der Waals surface area contributed by atoms with E-state index < -0.39 is 0 Å². The number of nitrogens with zero attached hydrogens (tertiary/aromatic N) is 4. The van der Waals surface area contributed by atoms with Gasteiger partial charge in [0, 0.05) is 17.5 Å². The Labute approximate surface area is 180 Å². The van der Waals surface area contributed by atoms with E-state index in [1.54, 1.807) is 6.07 Å². The lowest BCUT2D eigenvalue weighted by atomic mass is 9.86. The first kappa shape index (κ1) is 19.1. The monoisotopic (exact) mass is 419 g/mol. The SMILES string of the molecule is N#Cc1ccccc1OC1CCC(c2nnc3n2-c2ccc(Cl)cc2CNC3)CC1. The van der Waals surface area contributed by atoms with E-state index in [4.69, 9.17) is 16.3 Å². The molecule has 2 heterocycles. The van der Waals surface area contributed by atoms with Gasteiger partial charge in [0.2, 0.25) is 0 Å². The molecule has 0 atom stereocenters. The van der Waals surface area contributed by atoms with Crippen LogP contribution in [0.5, 0.6) is 5.75 Å². The van der Waals surface area contributed by atoms with E-state index in [2.05, 4.69) is 32.2 Å². The summed E-state index contributed by atoms with van der Waals surface area (Å²) < 4.78 is 8.37. The van der Waals surface area contributed by atoms with Crippen LogP contribution in [-0.2, 0) is 13.1 Å². The number of nitriles is 1. The Morgan fingerprint density at radius 3 is 2.73 bits per heavy atom. The second kappa shape index (κ2) is 8.10. The summed E-state index contributed by atoms with van der Waals surface area (Å²) in [5, 5.41) is 22.5. The molecular formula is C23H22ClN5O. The third kappa shape index (κ3) is 3.55. The quantitative estimate of drug-likeness (QED) is 0.676. The van der Waals surface area contributed by atoms with Crippen molar-refractivity contribution in [2.24, 2.45) is 0 Å². The van der Waals surface area contributed by atoms with Gasteiger partial charge < -0.3 is 10.1 Å². The predicted molar refractivity (Wildman–Crippen MR) is 114 cm³/mol. The van der Waals surface area contributed by atoms with Crippen molar-refractivity contribution >= 4 is 11.6 Å². The molecule has 0 amide bonds. The molecule has 1 saturated carbocycles. The first-order valence-corrected chi connectivity index (χ1v) is 10.7. The number of para-hydroxylation sites is 1. The van der Waals surface area contributed by atoms with Crippen LogP contribution in [0.15, 0.2) is 42.5 Å². The Hall–Kier alpha value is -2.88. The number of benzene rings is 2. The van der Waals surface area contributed by atoms with Gasteiger partial charge in [-0.25, -0.2) is 0 Å². The summed E-state index contributed by atoms with van der Waals surface area (Å²) in [5.41, 5.74) is 2.86. The highest BCUT2D eigenvalue weighted by molar-refractivity contribution is 6.30. The first-order valence-electron chi connectivity index (χ1n) is 10.3. The number of fused-ring (bicyclic) bond motifs is 3. The zero-order chi connectivity index (χ0) is 20.5. The first-order chi connectivity index (χ1) is 14.7. The minimum Gasteiger partial charge on any atom is -0.489 e. The molecule has 152 valence electrons. The summed E-state index contributed by atoms with van der Waals surface area (Å²) in [6.45, 7) is 1.44. The van der Waals surface area contributed by atoms with Gasteiger partial charge in [0.25, 0.3) is 0 Å². The Kier molecular flexibility index (Phi) is 5.16. The summed E-state index contributed by atoms with van der Waals surface area (Å²) in [5.74, 6) is 2.97. The Morgan fingerprint density at radius 2 is 1.90 bits per heavy atom. The van der Waals surface area contributed by atoms with Gasteiger partial charge >= 0.3 is 0 Å². The van der Waals surface area contributed by atoms with Crippen LogP contribution < -0.4 is 10.1 Å². The van der Waals surface area contributed by atoms with E-state index in [-0.39, 0.29) is 6.10 Å². The maximum Gasteiger partial charge on any atom is 0.151 e. The van der Waals surface area contributed by atoms with Crippen LogP contribution in [0, 0.1) is 11.3 Å². The largest absolute Gasteiger partial charge is 0.489 e. The number of hydrogen-bond acceptors (Lipinski definition) is 5. The molecule has 7 heteroatoms. The van der Waals surface area contributed by atoms with Crippen molar-refractivity contribution in [2.45, 2.75) is 50.8 Å². The highest BCUT2D eigenvalue weighted by Crippen LogP contribution is 2.36.